The van der Waals surface area contributed by atoms with Gasteiger partial charge in [-0.05, 0) is 32.4 Å². The number of phenolic OH excluding ortho intramolecular Hbond substituents is 1. The SMILES string of the molecule is Cc1ccc(O)c(C)c1-n1c(N)c(C(N)=O)c2c(=O)n(-c3cnn(C)c3)c(C)nc21. The fourth-order valence-electron chi connectivity index (χ4n) is 3.82. The van der Waals surface area contributed by atoms with Crippen molar-refractivity contribution in [2.24, 2.45) is 12.8 Å². The third-order valence-electron chi connectivity index (χ3n) is 5.21. The summed E-state index contributed by atoms with van der Waals surface area (Å²) in [7, 11) is 1.73. The van der Waals surface area contributed by atoms with Gasteiger partial charge in [0, 0.05) is 18.8 Å². The Bertz CT molecular complexity index is 1410. The highest BCUT2D eigenvalue weighted by Crippen LogP contribution is 2.34. The minimum Gasteiger partial charge on any atom is -0.508 e. The molecule has 4 rings (SSSR count). The van der Waals surface area contributed by atoms with Crippen molar-refractivity contribution in [2.75, 3.05) is 5.73 Å². The first kappa shape index (κ1) is 19.2. The number of hydrogen-bond donors (Lipinski definition) is 3. The van der Waals surface area contributed by atoms with Gasteiger partial charge in [-0.1, -0.05) is 6.07 Å². The largest absolute Gasteiger partial charge is 0.508 e. The lowest BCUT2D eigenvalue weighted by Gasteiger charge is -2.15. The molecule has 0 aliphatic carbocycles. The quantitative estimate of drug-likeness (QED) is 0.465. The summed E-state index contributed by atoms with van der Waals surface area (Å²) >= 11 is 0. The van der Waals surface area contributed by atoms with E-state index in [4.69, 9.17) is 11.5 Å². The maximum Gasteiger partial charge on any atom is 0.268 e. The fraction of sp³-hybridized carbons (Fsp3) is 0.200. The van der Waals surface area contributed by atoms with Gasteiger partial charge < -0.3 is 16.6 Å². The number of nitrogen functional groups attached to an aromatic ring is 1. The number of primary amides is 1. The van der Waals surface area contributed by atoms with E-state index in [1.54, 1.807) is 43.9 Å². The zero-order valence-electron chi connectivity index (χ0n) is 17.0. The predicted octanol–water partition coefficient (Wildman–Crippen LogP) is 1.22. The molecule has 0 radical (unpaired) electrons. The molecular weight excluding hydrogens is 386 g/mol. The number of amides is 1. The lowest BCUT2D eigenvalue weighted by atomic mass is 10.1. The van der Waals surface area contributed by atoms with E-state index in [0.29, 0.717) is 22.8 Å². The summed E-state index contributed by atoms with van der Waals surface area (Å²) in [6.07, 6.45) is 3.19. The number of aryl methyl sites for hydroxylation is 3. The standard InChI is InChI=1S/C20H21N7O3/c1-9-5-6-13(28)10(2)16(9)27-17(21)14(18(22)29)15-19(27)24-11(3)26(20(15)30)12-7-23-25(4)8-12/h5-8,28H,21H2,1-4H3,(H2,22,29). The van der Waals surface area contributed by atoms with E-state index in [-0.39, 0.29) is 28.2 Å². The molecule has 0 atom stereocenters. The zero-order chi connectivity index (χ0) is 21.9. The molecule has 3 aromatic heterocycles. The molecule has 10 nitrogen and oxygen atoms in total. The van der Waals surface area contributed by atoms with Crippen LogP contribution in [0.3, 0.4) is 0 Å². The summed E-state index contributed by atoms with van der Waals surface area (Å²) in [5.74, 6) is -0.418. The molecular formula is C20H21N7O3. The molecule has 30 heavy (non-hydrogen) atoms. The first-order valence-corrected chi connectivity index (χ1v) is 9.15. The Hall–Kier alpha value is -4.08. The van der Waals surface area contributed by atoms with Gasteiger partial charge in [0.15, 0.2) is 5.65 Å². The Balaban J connectivity index is 2.21. The van der Waals surface area contributed by atoms with Crippen molar-refractivity contribution in [3.05, 3.63) is 57.4 Å². The molecule has 0 aliphatic heterocycles. The first-order valence-electron chi connectivity index (χ1n) is 9.15. The van der Waals surface area contributed by atoms with Gasteiger partial charge in [-0.25, -0.2) is 4.98 Å². The van der Waals surface area contributed by atoms with Crippen molar-refractivity contribution in [1.82, 2.24) is 23.9 Å². The van der Waals surface area contributed by atoms with E-state index in [1.165, 1.54) is 15.3 Å². The zero-order valence-corrected chi connectivity index (χ0v) is 17.0. The maximum atomic E-state index is 13.5. The van der Waals surface area contributed by atoms with Gasteiger partial charge in [0.1, 0.15) is 22.8 Å². The molecule has 0 unspecified atom stereocenters. The highest BCUT2D eigenvalue weighted by atomic mass is 16.3. The number of nitrogens with two attached hydrogens (primary N) is 2. The van der Waals surface area contributed by atoms with Crippen LogP contribution in [-0.4, -0.2) is 34.9 Å². The number of nitrogens with zero attached hydrogens (tertiary/aromatic N) is 5. The second-order valence-electron chi connectivity index (χ2n) is 7.21. The van der Waals surface area contributed by atoms with Crippen LogP contribution in [0.2, 0.25) is 0 Å². The van der Waals surface area contributed by atoms with Crippen LogP contribution in [0.15, 0.2) is 29.3 Å². The van der Waals surface area contributed by atoms with Gasteiger partial charge >= 0.3 is 0 Å². The van der Waals surface area contributed by atoms with Gasteiger partial charge in [0.2, 0.25) is 0 Å². The van der Waals surface area contributed by atoms with Crippen LogP contribution in [0.5, 0.6) is 5.75 Å². The van der Waals surface area contributed by atoms with Crippen LogP contribution < -0.4 is 17.0 Å². The third-order valence-corrected chi connectivity index (χ3v) is 5.21. The molecule has 0 spiro atoms. The molecule has 1 aromatic carbocycles. The Morgan fingerprint density at radius 3 is 2.47 bits per heavy atom. The van der Waals surface area contributed by atoms with Crippen molar-refractivity contribution < 1.29 is 9.90 Å². The summed E-state index contributed by atoms with van der Waals surface area (Å²) in [5.41, 5.74) is 13.9. The molecule has 5 N–H and O–H groups in total. The second-order valence-corrected chi connectivity index (χ2v) is 7.21. The molecule has 0 aliphatic rings. The number of rotatable bonds is 3. The molecule has 1 amide bonds. The fourth-order valence-corrected chi connectivity index (χ4v) is 3.82. The Labute approximate surface area is 171 Å². The van der Waals surface area contributed by atoms with Gasteiger partial charge in [0.25, 0.3) is 11.5 Å². The number of aromatic hydroxyl groups is 1. The van der Waals surface area contributed by atoms with Crippen molar-refractivity contribution in [3.8, 4) is 17.1 Å². The van der Waals surface area contributed by atoms with Crippen molar-refractivity contribution >= 4 is 22.8 Å². The monoisotopic (exact) mass is 407 g/mol. The summed E-state index contributed by atoms with van der Waals surface area (Å²) in [5, 5.41) is 14.3. The number of carbonyl (C=O) groups is 1. The van der Waals surface area contributed by atoms with Crippen molar-refractivity contribution in [2.45, 2.75) is 20.8 Å². The van der Waals surface area contributed by atoms with Crippen LogP contribution in [0.1, 0.15) is 27.3 Å². The van der Waals surface area contributed by atoms with E-state index in [1.807, 2.05) is 6.92 Å². The minimum absolute atomic E-state index is 0.0107. The van der Waals surface area contributed by atoms with Crippen LogP contribution in [0, 0.1) is 20.8 Å². The number of aromatic nitrogens is 5. The summed E-state index contributed by atoms with van der Waals surface area (Å²) < 4.78 is 4.41. The summed E-state index contributed by atoms with van der Waals surface area (Å²) in [6, 6.07) is 3.29. The van der Waals surface area contributed by atoms with E-state index < -0.39 is 11.5 Å². The first-order chi connectivity index (χ1) is 14.1. The molecule has 0 saturated carbocycles. The summed E-state index contributed by atoms with van der Waals surface area (Å²) in [6.45, 7) is 5.23. The van der Waals surface area contributed by atoms with Crippen LogP contribution in [0.4, 0.5) is 5.82 Å². The number of anilines is 1. The summed E-state index contributed by atoms with van der Waals surface area (Å²) in [4.78, 5) is 30.4. The van der Waals surface area contributed by atoms with Gasteiger partial charge in [-0.15, -0.1) is 0 Å². The predicted molar refractivity (Wildman–Crippen MR) is 112 cm³/mol. The Morgan fingerprint density at radius 1 is 1.17 bits per heavy atom. The molecule has 154 valence electrons. The second kappa shape index (κ2) is 6.48. The Kier molecular flexibility index (Phi) is 4.15. The number of benzene rings is 1. The lowest BCUT2D eigenvalue weighted by Crippen LogP contribution is -2.24. The molecule has 0 fully saturated rings. The normalized spacial score (nSPS) is 11.3. The Morgan fingerprint density at radius 2 is 1.87 bits per heavy atom. The van der Waals surface area contributed by atoms with Crippen LogP contribution >= 0.6 is 0 Å². The number of carbonyl (C=O) groups excluding carboxylic acids is 1. The molecule has 0 saturated heterocycles. The van der Waals surface area contributed by atoms with E-state index >= 15 is 0 Å². The van der Waals surface area contributed by atoms with E-state index in [0.717, 1.165) is 5.56 Å². The number of hydrogen-bond acceptors (Lipinski definition) is 6. The van der Waals surface area contributed by atoms with Crippen LogP contribution in [-0.2, 0) is 7.05 Å². The molecule has 10 heteroatoms. The smallest absolute Gasteiger partial charge is 0.268 e. The van der Waals surface area contributed by atoms with Crippen LogP contribution in [0.25, 0.3) is 22.4 Å². The number of fused-ring (bicyclic) bond motifs is 1. The lowest BCUT2D eigenvalue weighted by molar-refractivity contribution is 0.100. The van der Waals surface area contributed by atoms with Gasteiger partial charge in [0.05, 0.1) is 23.1 Å². The van der Waals surface area contributed by atoms with Crippen molar-refractivity contribution in [3.63, 3.8) is 0 Å². The highest BCUT2D eigenvalue weighted by molar-refractivity contribution is 6.10. The molecule has 4 aromatic rings. The average molecular weight is 407 g/mol. The highest BCUT2D eigenvalue weighted by Gasteiger charge is 2.27. The van der Waals surface area contributed by atoms with Gasteiger partial charge in [-0.3, -0.25) is 23.4 Å². The van der Waals surface area contributed by atoms with E-state index in [9.17, 15) is 14.7 Å². The maximum absolute atomic E-state index is 13.5. The molecule has 3 heterocycles. The minimum atomic E-state index is -0.841. The van der Waals surface area contributed by atoms with E-state index in [2.05, 4.69) is 10.1 Å². The molecule has 0 bridgehead atoms. The average Bonchev–Trinajstić information content (AvgIpc) is 3.21. The third kappa shape index (κ3) is 2.57. The van der Waals surface area contributed by atoms with Gasteiger partial charge in [-0.2, -0.15) is 5.10 Å². The van der Waals surface area contributed by atoms with Crippen molar-refractivity contribution in [1.29, 1.82) is 0 Å². The topological polar surface area (TPSA) is 147 Å². The number of phenols is 1.